The summed E-state index contributed by atoms with van der Waals surface area (Å²) < 4.78 is 13.5. The van der Waals surface area contributed by atoms with Gasteiger partial charge >= 0.3 is 6.09 Å². The Labute approximate surface area is 264 Å². The van der Waals surface area contributed by atoms with Gasteiger partial charge in [0.1, 0.15) is 17.0 Å². The second-order valence-electron chi connectivity index (χ2n) is 13.3. The highest BCUT2D eigenvalue weighted by atomic mass is 16.6. The lowest BCUT2D eigenvalue weighted by Gasteiger charge is -2.35. The number of piperazine rings is 1. The van der Waals surface area contributed by atoms with E-state index in [4.69, 9.17) is 19.6 Å². The number of nitrogens with zero attached hydrogens (tertiary/aromatic N) is 5. The molecule has 10 nitrogen and oxygen atoms in total. The maximum atomic E-state index is 14.4. The zero-order chi connectivity index (χ0) is 31.6. The van der Waals surface area contributed by atoms with E-state index >= 15 is 0 Å². The Morgan fingerprint density at radius 2 is 1.64 bits per heavy atom. The van der Waals surface area contributed by atoms with Gasteiger partial charge in [-0.05, 0) is 89.1 Å². The Morgan fingerprint density at radius 3 is 2.31 bits per heavy atom. The van der Waals surface area contributed by atoms with Crippen LogP contribution in [0.2, 0.25) is 0 Å². The molecule has 10 heteroatoms. The molecular formula is C35H43N5O5. The summed E-state index contributed by atoms with van der Waals surface area (Å²) in [7, 11) is 0. The Hall–Kier alpha value is -4.10. The van der Waals surface area contributed by atoms with E-state index in [1.165, 1.54) is 19.3 Å². The van der Waals surface area contributed by atoms with Crippen molar-refractivity contribution in [2.75, 3.05) is 32.8 Å². The summed E-state index contributed by atoms with van der Waals surface area (Å²) in [6.45, 7) is 7.68. The molecule has 4 heterocycles. The number of phenols is 1. The van der Waals surface area contributed by atoms with Crippen molar-refractivity contribution in [3.63, 3.8) is 0 Å². The van der Waals surface area contributed by atoms with Crippen molar-refractivity contribution in [1.82, 2.24) is 24.6 Å². The van der Waals surface area contributed by atoms with Gasteiger partial charge in [0, 0.05) is 44.3 Å². The van der Waals surface area contributed by atoms with Gasteiger partial charge in [0.25, 0.3) is 5.91 Å². The second-order valence-corrected chi connectivity index (χ2v) is 13.3. The number of amides is 2. The fraction of sp³-hybridized carbons (Fsp3) is 0.543. The van der Waals surface area contributed by atoms with Gasteiger partial charge in [-0.2, -0.15) is 5.10 Å². The summed E-state index contributed by atoms with van der Waals surface area (Å²) in [4.78, 5) is 35.6. The van der Waals surface area contributed by atoms with Crippen molar-refractivity contribution in [1.29, 1.82) is 0 Å². The van der Waals surface area contributed by atoms with E-state index in [1.807, 2.05) is 31.5 Å². The number of fused-ring (bicyclic) bond motifs is 1. The maximum absolute atomic E-state index is 14.4. The number of carbonyl (C=O) groups is 2. The van der Waals surface area contributed by atoms with Crippen LogP contribution in [-0.2, 0) is 9.47 Å². The lowest BCUT2D eigenvalue weighted by atomic mass is 9.90. The first-order valence-electron chi connectivity index (χ1n) is 16.3. The fourth-order valence-corrected chi connectivity index (χ4v) is 6.30. The molecule has 2 saturated heterocycles. The first-order chi connectivity index (χ1) is 21.7. The van der Waals surface area contributed by atoms with E-state index in [9.17, 15) is 14.7 Å². The molecule has 0 spiro atoms. The molecular weight excluding hydrogens is 570 g/mol. The average molecular weight is 614 g/mol. The summed E-state index contributed by atoms with van der Waals surface area (Å²) in [5.74, 6) is 7.16. The minimum atomic E-state index is -0.589. The third kappa shape index (κ3) is 7.09. The number of aromatic hydroxyl groups is 1. The van der Waals surface area contributed by atoms with Gasteiger partial charge in [-0.1, -0.05) is 25.2 Å². The third-order valence-corrected chi connectivity index (χ3v) is 8.70. The summed E-state index contributed by atoms with van der Waals surface area (Å²) in [5, 5.41) is 15.5. The Balaban J connectivity index is 1.42. The van der Waals surface area contributed by atoms with Crippen molar-refractivity contribution in [3.05, 3.63) is 41.6 Å². The first-order valence-corrected chi connectivity index (χ1v) is 16.3. The third-order valence-electron chi connectivity index (χ3n) is 8.70. The van der Waals surface area contributed by atoms with Crippen molar-refractivity contribution in [3.8, 4) is 28.8 Å². The Kier molecular flexibility index (Phi) is 8.99. The van der Waals surface area contributed by atoms with Crippen LogP contribution in [0.5, 0.6) is 5.75 Å². The van der Waals surface area contributed by atoms with E-state index in [0.29, 0.717) is 66.7 Å². The number of ether oxygens (including phenoxy) is 2. The molecule has 1 unspecified atom stereocenters. The molecule has 45 heavy (non-hydrogen) atoms. The second kappa shape index (κ2) is 13.1. The molecule has 6 rings (SSSR count). The molecule has 2 amide bonds. The molecule has 238 valence electrons. The number of hydrogen-bond donors (Lipinski definition) is 1. The lowest BCUT2D eigenvalue weighted by molar-refractivity contribution is -0.0370. The maximum Gasteiger partial charge on any atom is 0.410 e. The van der Waals surface area contributed by atoms with Gasteiger partial charge in [0.2, 0.25) is 0 Å². The quantitative estimate of drug-likeness (QED) is 0.354. The molecule has 1 atom stereocenters. The van der Waals surface area contributed by atoms with E-state index in [1.54, 1.807) is 34.1 Å². The normalized spacial score (nSPS) is 19.7. The molecule has 3 fully saturated rings. The van der Waals surface area contributed by atoms with Crippen LogP contribution in [0.15, 0.2) is 30.3 Å². The van der Waals surface area contributed by atoms with Gasteiger partial charge in [-0.25, -0.2) is 14.5 Å². The van der Waals surface area contributed by atoms with E-state index < -0.39 is 5.60 Å². The highest BCUT2D eigenvalue weighted by molar-refractivity contribution is 6.08. The summed E-state index contributed by atoms with van der Waals surface area (Å²) >= 11 is 0. The minimum absolute atomic E-state index is 0.153. The van der Waals surface area contributed by atoms with Crippen LogP contribution >= 0.6 is 0 Å². The van der Waals surface area contributed by atoms with Crippen LogP contribution in [0.25, 0.3) is 22.3 Å². The molecule has 1 aromatic carbocycles. The standard InChI is InChI=1S/C35H43N5O5/c1-35(2,3)45-34(43)39-20-18-38(19-21-39)33(42)27-23-29(25-13-15-26(41)16-14-25)36-32-31(27)28(17-12-24-9-5-4-6-10-24)37-40(32)30-11-7-8-22-44-30/h13-16,23-24,30,41H,4-11,18-22H2,1-3H3. The Bertz CT molecular complexity index is 1590. The summed E-state index contributed by atoms with van der Waals surface area (Å²) in [6, 6.07) is 8.62. The molecule has 1 saturated carbocycles. The van der Waals surface area contributed by atoms with E-state index in [2.05, 4.69) is 11.8 Å². The first kappa shape index (κ1) is 30.9. The molecule has 2 aliphatic heterocycles. The van der Waals surface area contributed by atoms with Crippen LogP contribution < -0.4 is 0 Å². The number of benzene rings is 1. The van der Waals surface area contributed by atoms with Gasteiger partial charge in [0.05, 0.1) is 16.6 Å². The SMILES string of the molecule is CC(C)(C)OC(=O)N1CCN(C(=O)c2cc(-c3ccc(O)cc3)nc3c2c(C#CC2CCCCC2)nn3C2CCCCO2)CC1. The zero-order valence-electron chi connectivity index (χ0n) is 26.6. The highest BCUT2D eigenvalue weighted by Crippen LogP contribution is 2.33. The van der Waals surface area contributed by atoms with Crippen LogP contribution in [0.4, 0.5) is 4.79 Å². The molecule has 0 bridgehead atoms. The fourth-order valence-electron chi connectivity index (χ4n) is 6.30. The molecule has 2 aromatic heterocycles. The highest BCUT2D eigenvalue weighted by Gasteiger charge is 2.32. The summed E-state index contributed by atoms with van der Waals surface area (Å²) in [5.41, 5.74) is 2.37. The van der Waals surface area contributed by atoms with Gasteiger partial charge in [0.15, 0.2) is 11.9 Å². The number of phenolic OH excluding ortho intramolecular Hbond substituents is 1. The van der Waals surface area contributed by atoms with E-state index in [-0.39, 0.29) is 24.0 Å². The zero-order valence-corrected chi connectivity index (χ0v) is 26.6. The van der Waals surface area contributed by atoms with Crippen molar-refractivity contribution >= 4 is 23.0 Å². The topological polar surface area (TPSA) is 110 Å². The molecule has 1 N–H and O–H groups in total. The Morgan fingerprint density at radius 1 is 0.956 bits per heavy atom. The van der Waals surface area contributed by atoms with Crippen LogP contribution in [0.3, 0.4) is 0 Å². The number of hydrogen-bond acceptors (Lipinski definition) is 7. The van der Waals surface area contributed by atoms with Gasteiger partial charge in [-0.3, -0.25) is 4.79 Å². The number of aromatic nitrogens is 3. The summed E-state index contributed by atoms with van der Waals surface area (Å²) in [6.07, 6.45) is 7.91. The number of carbonyl (C=O) groups excluding carboxylic acids is 2. The largest absolute Gasteiger partial charge is 0.508 e. The van der Waals surface area contributed by atoms with Crippen molar-refractivity contribution < 1.29 is 24.2 Å². The average Bonchev–Trinajstić information content (AvgIpc) is 3.42. The van der Waals surface area contributed by atoms with Crippen LogP contribution in [0.1, 0.15) is 94.4 Å². The predicted octanol–water partition coefficient (Wildman–Crippen LogP) is 6.13. The smallest absolute Gasteiger partial charge is 0.410 e. The molecule has 1 aliphatic carbocycles. The minimum Gasteiger partial charge on any atom is -0.508 e. The monoisotopic (exact) mass is 613 g/mol. The lowest BCUT2D eigenvalue weighted by Crippen LogP contribution is -2.51. The molecule has 0 radical (unpaired) electrons. The van der Waals surface area contributed by atoms with Gasteiger partial charge in [-0.15, -0.1) is 0 Å². The number of rotatable bonds is 3. The van der Waals surface area contributed by atoms with Gasteiger partial charge < -0.3 is 24.4 Å². The van der Waals surface area contributed by atoms with E-state index in [0.717, 1.165) is 37.7 Å². The van der Waals surface area contributed by atoms with Crippen molar-refractivity contribution in [2.24, 2.45) is 5.92 Å². The predicted molar refractivity (Wildman–Crippen MR) is 171 cm³/mol. The molecule has 3 aliphatic rings. The van der Waals surface area contributed by atoms with Crippen molar-refractivity contribution in [2.45, 2.75) is 84.0 Å². The number of pyridine rings is 1. The van der Waals surface area contributed by atoms with Crippen LogP contribution in [-0.4, -0.2) is 80.1 Å². The van der Waals surface area contributed by atoms with Crippen LogP contribution in [0, 0.1) is 17.8 Å². The molecule has 3 aromatic rings.